The summed E-state index contributed by atoms with van der Waals surface area (Å²) in [6.45, 7) is 22.7. The molecule has 0 saturated carbocycles. The fourth-order valence-corrected chi connectivity index (χ4v) is 5.74. The monoisotopic (exact) mass is 701 g/mol. The molecule has 0 aromatic carbocycles. The Morgan fingerprint density at radius 3 is 1.71 bits per heavy atom. The van der Waals surface area contributed by atoms with Gasteiger partial charge in [0.1, 0.15) is 23.7 Å². The van der Waals surface area contributed by atoms with E-state index in [-0.39, 0.29) is 41.9 Å². The van der Waals surface area contributed by atoms with E-state index in [0.717, 1.165) is 0 Å². The summed E-state index contributed by atoms with van der Waals surface area (Å²) in [6, 6.07) is -3.27. The van der Waals surface area contributed by atoms with Crippen molar-refractivity contribution in [3.63, 3.8) is 0 Å². The minimum atomic E-state index is -1.07. The van der Waals surface area contributed by atoms with Crippen molar-refractivity contribution in [2.45, 2.75) is 145 Å². The molecule has 0 heterocycles. The second kappa shape index (κ2) is 22.2. The Hall–Kier alpha value is -2.54. The zero-order chi connectivity index (χ0) is 37.4. The lowest BCUT2D eigenvalue weighted by Gasteiger charge is -2.32. The average molecular weight is 702 g/mol. The molecule has 6 atom stereocenters. The summed E-state index contributed by atoms with van der Waals surface area (Å²) in [4.78, 5) is 65.9. The van der Waals surface area contributed by atoms with E-state index in [2.05, 4.69) is 26.6 Å². The van der Waals surface area contributed by atoms with Crippen LogP contribution in [0, 0.1) is 29.6 Å². The second-order valence-electron chi connectivity index (χ2n) is 15.2. The van der Waals surface area contributed by atoms with Crippen molar-refractivity contribution in [2.75, 3.05) is 18.6 Å². The smallest absolute Gasteiger partial charge is 0.408 e. The van der Waals surface area contributed by atoms with Crippen molar-refractivity contribution >= 4 is 41.5 Å². The first-order chi connectivity index (χ1) is 22.1. The van der Waals surface area contributed by atoms with E-state index < -0.39 is 59.7 Å². The number of carbonyl (C=O) groups excluding carboxylic acids is 5. The SMILES string of the molecule is CCNC(=O)[C@@H](NC(=O)[C@H](CC(C)C)C[C@H](O)[C@H](CC(C)C)NC(=O)[C@H](CCSC)NC(=O)[C@@H](NC(=O)OC(C)(C)C)C(C)C)C(C)C. The second-order valence-corrected chi connectivity index (χ2v) is 16.2. The lowest BCUT2D eigenvalue weighted by atomic mass is 9.86. The zero-order valence-corrected chi connectivity index (χ0v) is 32.6. The van der Waals surface area contributed by atoms with Crippen molar-refractivity contribution in [1.29, 1.82) is 0 Å². The fraction of sp³-hybridized carbons (Fsp3) is 0.857. The van der Waals surface area contributed by atoms with Gasteiger partial charge in [-0.15, -0.1) is 0 Å². The van der Waals surface area contributed by atoms with Crippen molar-refractivity contribution in [3.05, 3.63) is 0 Å². The van der Waals surface area contributed by atoms with Gasteiger partial charge in [0.15, 0.2) is 0 Å². The first kappa shape index (κ1) is 45.5. The van der Waals surface area contributed by atoms with Crippen LogP contribution in [0.5, 0.6) is 0 Å². The summed E-state index contributed by atoms with van der Waals surface area (Å²) in [5, 5.41) is 25.6. The Bertz CT molecular complexity index is 1020. The molecule has 13 heteroatoms. The van der Waals surface area contributed by atoms with Gasteiger partial charge in [0.05, 0.1) is 12.1 Å². The number of amides is 5. The van der Waals surface area contributed by atoms with Gasteiger partial charge in [-0.1, -0.05) is 55.4 Å². The van der Waals surface area contributed by atoms with Crippen molar-refractivity contribution in [3.8, 4) is 0 Å². The standard InChI is InChI=1S/C35H67N5O7S/c1-14-36-32(44)28(22(6)7)39-30(42)24(17-20(2)3)19-27(41)26(18-21(4)5)38-31(43)25(15-16-48-13)37-33(45)29(23(8)9)40-34(46)47-35(10,11)12/h20-29,41H,14-19H2,1-13H3,(H,36,44)(H,37,45)(H,38,43)(H,39,42)(H,40,46)/t24-,25+,26+,27+,28+,29+/m1/s1. The Kier molecular flexibility index (Phi) is 21.1. The number of thioether (sulfide) groups is 1. The third-order valence-electron chi connectivity index (χ3n) is 7.63. The number of aliphatic hydroxyl groups is 1. The van der Waals surface area contributed by atoms with Crippen molar-refractivity contribution in [1.82, 2.24) is 26.6 Å². The van der Waals surface area contributed by atoms with Crippen LogP contribution in [0.4, 0.5) is 4.79 Å². The lowest BCUT2D eigenvalue weighted by molar-refractivity contribution is -0.133. The topological polar surface area (TPSA) is 175 Å². The normalized spacial score (nSPS) is 15.7. The molecular weight excluding hydrogens is 634 g/mol. The molecule has 6 N–H and O–H groups in total. The Labute approximate surface area is 294 Å². The van der Waals surface area contributed by atoms with Crippen LogP contribution >= 0.6 is 11.8 Å². The van der Waals surface area contributed by atoms with E-state index in [9.17, 15) is 29.1 Å². The molecule has 0 fully saturated rings. The van der Waals surface area contributed by atoms with Gasteiger partial charge in [-0.05, 0) is 89.1 Å². The lowest BCUT2D eigenvalue weighted by Crippen LogP contribution is -2.58. The number of nitrogens with one attached hydrogen (secondary N) is 5. The highest BCUT2D eigenvalue weighted by molar-refractivity contribution is 7.98. The van der Waals surface area contributed by atoms with Gasteiger partial charge in [0.25, 0.3) is 0 Å². The molecule has 0 unspecified atom stereocenters. The maximum Gasteiger partial charge on any atom is 0.408 e. The molecule has 0 saturated heterocycles. The average Bonchev–Trinajstić information content (AvgIpc) is 2.93. The third kappa shape index (κ3) is 18.3. The predicted octanol–water partition coefficient (Wildman–Crippen LogP) is 3.99. The number of hydrogen-bond donors (Lipinski definition) is 6. The summed E-state index contributed by atoms with van der Waals surface area (Å²) in [6.07, 6.45) is 1.44. The Morgan fingerprint density at radius 1 is 0.708 bits per heavy atom. The molecule has 0 aliphatic rings. The number of alkyl carbamates (subject to hydrolysis) is 1. The fourth-order valence-electron chi connectivity index (χ4n) is 5.26. The molecule has 0 radical (unpaired) electrons. The molecule has 5 amide bonds. The third-order valence-corrected chi connectivity index (χ3v) is 8.28. The van der Waals surface area contributed by atoms with Crippen LogP contribution in [0.15, 0.2) is 0 Å². The predicted molar refractivity (Wildman–Crippen MR) is 193 cm³/mol. The van der Waals surface area contributed by atoms with Crippen molar-refractivity contribution < 1.29 is 33.8 Å². The zero-order valence-electron chi connectivity index (χ0n) is 31.8. The van der Waals surface area contributed by atoms with Gasteiger partial charge < -0.3 is 36.4 Å². The summed E-state index contributed by atoms with van der Waals surface area (Å²) in [5.74, 6) is -1.73. The van der Waals surface area contributed by atoms with Gasteiger partial charge in [-0.3, -0.25) is 19.2 Å². The highest BCUT2D eigenvalue weighted by atomic mass is 32.2. The van der Waals surface area contributed by atoms with Crippen LogP contribution in [-0.2, 0) is 23.9 Å². The van der Waals surface area contributed by atoms with Crippen LogP contribution in [0.1, 0.15) is 109 Å². The van der Waals surface area contributed by atoms with Gasteiger partial charge in [-0.25, -0.2) is 4.79 Å². The largest absolute Gasteiger partial charge is 0.444 e. The van der Waals surface area contributed by atoms with Gasteiger partial charge in [0, 0.05) is 12.5 Å². The molecule has 0 aliphatic carbocycles. The Balaban J connectivity index is 6.07. The molecule has 0 aromatic rings. The molecule has 0 aromatic heterocycles. The summed E-state index contributed by atoms with van der Waals surface area (Å²) in [5.41, 5.74) is -0.746. The van der Waals surface area contributed by atoms with E-state index >= 15 is 0 Å². The van der Waals surface area contributed by atoms with E-state index in [1.54, 1.807) is 34.6 Å². The van der Waals surface area contributed by atoms with Gasteiger partial charge >= 0.3 is 6.09 Å². The highest BCUT2D eigenvalue weighted by Crippen LogP contribution is 2.22. The molecular formula is C35H67N5O7S. The molecule has 0 rings (SSSR count). The van der Waals surface area contributed by atoms with Gasteiger partial charge in [-0.2, -0.15) is 11.8 Å². The number of hydrogen-bond acceptors (Lipinski definition) is 8. The first-order valence-electron chi connectivity index (χ1n) is 17.5. The first-order valence-corrected chi connectivity index (χ1v) is 18.9. The molecule has 12 nitrogen and oxygen atoms in total. The van der Waals surface area contributed by atoms with E-state index in [0.29, 0.717) is 31.6 Å². The number of carbonyl (C=O) groups is 5. The molecule has 48 heavy (non-hydrogen) atoms. The Morgan fingerprint density at radius 2 is 1.25 bits per heavy atom. The number of aliphatic hydroxyl groups excluding tert-OH is 1. The molecule has 280 valence electrons. The summed E-state index contributed by atoms with van der Waals surface area (Å²) in [7, 11) is 0. The maximum absolute atomic E-state index is 13.8. The van der Waals surface area contributed by atoms with Crippen LogP contribution in [0.2, 0.25) is 0 Å². The summed E-state index contributed by atoms with van der Waals surface area (Å²) < 4.78 is 5.34. The molecule has 0 bridgehead atoms. The highest BCUT2D eigenvalue weighted by Gasteiger charge is 2.35. The number of ether oxygens (including phenoxy) is 1. The van der Waals surface area contributed by atoms with Gasteiger partial charge in [0.2, 0.25) is 23.6 Å². The number of likely N-dealkylation sites (N-methyl/N-ethyl adjacent to an activating group) is 1. The minimum Gasteiger partial charge on any atom is -0.444 e. The number of rotatable bonds is 21. The van der Waals surface area contributed by atoms with Crippen LogP contribution in [0.25, 0.3) is 0 Å². The van der Waals surface area contributed by atoms with Crippen LogP contribution in [-0.4, -0.2) is 89.3 Å². The molecule has 0 aliphatic heterocycles. The van der Waals surface area contributed by atoms with E-state index in [1.807, 2.05) is 54.7 Å². The van der Waals surface area contributed by atoms with E-state index in [1.165, 1.54) is 11.8 Å². The maximum atomic E-state index is 13.8. The van der Waals surface area contributed by atoms with Crippen LogP contribution < -0.4 is 26.6 Å². The van der Waals surface area contributed by atoms with Crippen LogP contribution in [0.3, 0.4) is 0 Å². The molecule has 0 spiro atoms. The summed E-state index contributed by atoms with van der Waals surface area (Å²) >= 11 is 1.53. The van der Waals surface area contributed by atoms with Crippen molar-refractivity contribution in [2.24, 2.45) is 29.6 Å². The minimum absolute atomic E-state index is 0.0823. The van der Waals surface area contributed by atoms with E-state index in [4.69, 9.17) is 4.74 Å². The quantitative estimate of drug-likeness (QED) is 0.104.